The third kappa shape index (κ3) is 4.73. The molecule has 0 aliphatic rings. The van der Waals surface area contributed by atoms with Crippen molar-refractivity contribution in [1.82, 2.24) is 15.2 Å². The van der Waals surface area contributed by atoms with Crippen LogP contribution in [-0.4, -0.2) is 21.1 Å². The fourth-order valence-corrected chi connectivity index (χ4v) is 4.08. The van der Waals surface area contributed by atoms with E-state index < -0.39 is 5.91 Å². The van der Waals surface area contributed by atoms with Crippen LogP contribution in [0.25, 0.3) is 21.7 Å². The lowest BCUT2D eigenvalue weighted by Crippen LogP contribution is -2.11. The van der Waals surface area contributed by atoms with Crippen LogP contribution in [0.4, 0.5) is 10.1 Å². The summed E-state index contributed by atoms with van der Waals surface area (Å²) in [4.78, 5) is 16.8. The van der Waals surface area contributed by atoms with Crippen molar-refractivity contribution in [3.63, 3.8) is 0 Å². The lowest BCUT2D eigenvalue weighted by atomic mass is 10.2. The van der Waals surface area contributed by atoms with Crippen molar-refractivity contribution in [3.8, 4) is 10.6 Å². The van der Waals surface area contributed by atoms with E-state index in [1.165, 1.54) is 35.6 Å². The van der Waals surface area contributed by atoms with Gasteiger partial charge in [0.05, 0.1) is 10.7 Å². The molecule has 1 N–H and O–H groups in total. The number of anilines is 1. The molecule has 0 bridgehead atoms. The molecule has 0 spiro atoms. The minimum Gasteiger partial charge on any atom is -0.320 e. The molecule has 4 rings (SSSR count). The minimum atomic E-state index is -0.440. The molecule has 0 saturated carbocycles. The average Bonchev–Trinajstić information content (AvgIpc) is 3.40. The largest absolute Gasteiger partial charge is 0.320 e. The first-order chi connectivity index (χ1) is 14.1. The van der Waals surface area contributed by atoms with Crippen molar-refractivity contribution in [2.75, 3.05) is 5.32 Å². The monoisotopic (exact) mass is 442 g/mol. The van der Waals surface area contributed by atoms with E-state index in [-0.39, 0.29) is 10.8 Å². The van der Waals surface area contributed by atoms with Crippen molar-refractivity contribution >= 4 is 57.0 Å². The van der Waals surface area contributed by atoms with Crippen LogP contribution in [0.2, 0.25) is 0 Å². The zero-order chi connectivity index (χ0) is 20.2. The average molecular weight is 443 g/mol. The van der Waals surface area contributed by atoms with Crippen LogP contribution in [0.5, 0.6) is 0 Å². The standard InChI is InChI=1S/C20H12ClFN4OS2/c21-16(10-15-11-28-18(24-15)12-4-2-1-3-5-12)19-25-26-20(29-19)17(27)23-14-8-6-13(22)7-9-14/h1-11H,(H,23,27)/b16-10-. The van der Waals surface area contributed by atoms with Crippen LogP contribution in [0, 0.1) is 5.82 Å². The number of thiazole rings is 1. The Labute approximate surface area is 178 Å². The molecule has 0 fully saturated rings. The SMILES string of the molecule is O=C(Nc1ccc(F)cc1)c1nnc(/C(Cl)=C/c2csc(-c3ccccc3)n2)s1. The van der Waals surface area contributed by atoms with Crippen LogP contribution < -0.4 is 5.32 Å². The van der Waals surface area contributed by atoms with Gasteiger partial charge in [0.25, 0.3) is 5.91 Å². The topological polar surface area (TPSA) is 67.8 Å². The predicted octanol–water partition coefficient (Wildman–Crippen LogP) is 5.79. The van der Waals surface area contributed by atoms with E-state index in [9.17, 15) is 9.18 Å². The van der Waals surface area contributed by atoms with Gasteiger partial charge in [-0.3, -0.25) is 4.79 Å². The number of hydrogen-bond donors (Lipinski definition) is 1. The van der Waals surface area contributed by atoms with Gasteiger partial charge in [-0.05, 0) is 30.3 Å². The third-order valence-corrected chi connectivity index (χ3v) is 6.01. The van der Waals surface area contributed by atoms with E-state index in [4.69, 9.17) is 11.6 Å². The quantitative estimate of drug-likeness (QED) is 0.424. The fraction of sp³-hybridized carbons (Fsp3) is 0. The summed E-state index contributed by atoms with van der Waals surface area (Å²) in [7, 11) is 0. The first-order valence-corrected chi connectivity index (χ1v) is 10.4. The highest BCUT2D eigenvalue weighted by Crippen LogP contribution is 2.28. The Hall–Kier alpha value is -2.94. The molecular weight excluding hydrogens is 431 g/mol. The van der Waals surface area contributed by atoms with E-state index in [1.54, 1.807) is 6.08 Å². The van der Waals surface area contributed by atoms with Crippen molar-refractivity contribution in [2.45, 2.75) is 0 Å². The van der Waals surface area contributed by atoms with Crippen molar-refractivity contribution in [1.29, 1.82) is 0 Å². The summed E-state index contributed by atoms with van der Waals surface area (Å²) >= 11 is 8.93. The van der Waals surface area contributed by atoms with Crippen LogP contribution in [-0.2, 0) is 0 Å². The van der Waals surface area contributed by atoms with Crippen molar-refractivity contribution in [2.24, 2.45) is 0 Å². The zero-order valence-electron chi connectivity index (χ0n) is 14.7. The van der Waals surface area contributed by atoms with E-state index in [0.29, 0.717) is 21.4 Å². The summed E-state index contributed by atoms with van der Waals surface area (Å²) in [5, 5.41) is 14.2. The summed E-state index contributed by atoms with van der Waals surface area (Å²) in [6.07, 6.45) is 1.69. The highest BCUT2D eigenvalue weighted by atomic mass is 35.5. The number of carbonyl (C=O) groups is 1. The van der Waals surface area contributed by atoms with E-state index in [1.807, 2.05) is 35.7 Å². The molecular formula is C20H12ClFN4OS2. The molecule has 2 aromatic heterocycles. The number of carbonyl (C=O) groups excluding carboxylic acids is 1. The maximum atomic E-state index is 13.0. The molecule has 29 heavy (non-hydrogen) atoms. The Kier molecular flexibility index (Phi) is 5.75. The number of benzene rings is 2. The highest BCUT2D eigenvalue weighted by Gasteiger charge is 2.15. The number of nitrogens with zero attached hydrogens (tertiary/aromatic N) is 3. The molecule has 9 heteroatoms. The number of aromatic nitrogens is 3. The molecule has 5 nitrogen and oxygen atoms in total. The highest BCUT2D eigenvalue weighted by molar-refractivity contribution is 7.15. The molecule has 0 atom stereocenters. The first-order valence-electron chi connectivity index (χ1n) is 8.37. The molecule has 0 saturated heterocycles. The summed E-state index contributed by atoms with van der Waals surface area (Å²) in [5.74, 6) is -0.819. The summed E-state index contributed by atoms with van der Waals surface area (Å²) in [6, 6.07) is 15.3. The second-order valence-corrected chi connectivity index (χ2v) is 8.05. The minimum absolute atomic E-state index is 0.152. The van der Waals surface area contributed by atoms with Gasteiger partial charge in [-0.1, -0.05) is 53.3 Å². The van der Waals surface area contributed by atoms with E-state index in [0.717, 1.165) is 21.9 Å². The Morgan fingerprint density at radius 3 is 2.52 bits per heavy atom. The number of halogens is 2. The lowest BCUT2D eigenvalue weighted by Gasteiger charge is -2.01. The molecule has 144 valence electrons. The zero-order valence-corrected chi connectivity index (χ0v) is 17.1. The van der Waals surface area contributed by atoms with Crippen LogP contribution in [0.15, 0.2) is 60.0 Å². The fourth-order valence-electron chi connectivity index (χ4n) is 2.39. The summed E-state index contributed by atoms with van der Waals surface area (Å²) < 4.78 is 13.0. The Bertz CT molecular complexity index is 1170. The number of rotatable bonds is 5. The molecule has 2 aromatic carbocycles. The Morgan fingerprint density at radius 1 is 1.03 bits per heavy atom. The van der Waals surface area contributed by atoms with E-state index >= 15 is 0 Å². The van der Waals surface area contributed by atoms with Gasteiger partial charge in [0.15, 0.2) is 5.01 Å². The van der Waals surface area contributed by atoms with Gasteiger partial charge in [0, 0.05) is 16.6 Å². The number of hydrogen-bond acceptors (Lipinski definition) is 6. The molecule has 4 aromatic rings. The molecule has 0 aliphatic heterocycles. The van der Waals surface area contributed by atoms with Gasteiger partial charge in [0.2, 0.25) is 5.01 Å². The lowest BCUT2D eigenvalue weighted by molar-refractivity contribution is 0.102. The van der Waals surface area contributed by atoms with Gasteiger partial charge in [-0.15, -0.1) is 21.5 Å². The van der Waals surface area contributed by atoms with Gasteiger partial charge in [-0.2, -0.15) is 0 Å². The van der Waals surface area contributed by atoms with E-state index in [2.05, 4.69) is 20.5 Å². The van der Waals surface area contributed by atoms with Gasteiger partial charge in [-0.25, -0.2) is 9.37 Å². The normalized spacial score (nSPS) is 11.4. The summed E-state index contributed by atoms with van der Waals surface area (Å²) in [6.45, 7) is 0. The molecule has 2 heterocycles. The first kappa shape index (κ1) is 19.4. The Morgan fingerprint density at radius 2 is 1.76 bits per heavy atom. The number of amides is 1. The van der Waals surface area contributed by atoms with Crippen LogP contribution in [0.3, 0.4) is 0 Å². The second kappa shape index (κ2) is 8.60. The van der Waals surface area contributed by atoms with Gasteiger partial charge < -0.3 is 5.32 Å². The maximum absolute atomic E-state index is 13.0. The third-order valence-electron chi connectivity index (χ3n) is 3.74. The maximum Gasteiger partial charge on any atom is 0.286 e. The molecule has 0 radical (unpaired) electrons. The van der Waals surface area contributed by atoms with Gasteiger partial charge in [0.1, 0.15) is 10.8 Å². The van der Waals surface area contributed by atoms with Crippen LogP contribution in [0.1, 0.15) is 20.5 Å². The summed E-state index contributed by atoms with van der Waals surface area (Å²) in [5.41, 5.74) is 2.20. The Balaban J connectivity index is 1.48. The number of nitrogens with one attached hydrogen (secondary N) is 1. The smallest absolute Gasteiger partial charge is 0.286 e. The van der Waals surface area contributed by atoms with Crippen molar-refractivity contribution in [3.05, 3.63) is 81.5 Å². The van der Waals surface area contributed by atoms with Gasteiger partial charge >= 0.3 is 0 Å². The molecule has 0 unspecified atom stereocenters. The molecule has 1 amide bonds. The molecule has 0 aliphatic carbocycles. The predicted molar refractivity (Wildman–Crippen MR) is 116 cm³/mol. The second-order valence-electron chi connectivity index (χ2n) is 5.81. The van der Waals surface area contributed by atoms with Crippen LogP contribution >= 0.6 is 34.3 Å². The van der Waals surface area contributed by atoms with Crippen molar-refractivity contribution < 1.29 is 9.18 Å².